The molecular weight excluding hydrogens is 302 g/mol. The molecule has 1 aliphatic heterocycles. The molecule has 2 rings (SSSR count). The van der Waals surface area contributed by atoms with Crippen LogP contribution in [0.15, 0.2) is 30.3 Å². The summed E-state index contributed by atoms with van der Waals surface area (Å²) in [7, 11) is 0. The van der Waals surface area contributed by atoms with E-state index in [0.717, 1.165) is 19.4 Å². The van der Waals surface area contributed by atoms with E-state index in [9.17, 15) is 9.59 Å². The summed E-state index contributed by atoms with van der Waals surface area (Å²) in [5.41, 5.74) is 0.945. The van der Waals surface area contributed by atoms with Gasteiger partial charge in [0.25, 0.3) is 0 Å². The Labute approximate surface area is 145 Å². The minimum Gasteiger partial charge on any atom is -0.341 e. The molecule has 5 heteroatoms. The van der Waals surface area contributed by atoms with Crippen molar-refractivity contribution in [3.63, 3.8) is 0 Å². The number of nitrogens with zero attached hydrogens (tertiary/aromatic N) is 2. The Morgan fingerprint density at radius 2 is 1.62 bits per heavy atom. The lowest BCUT2D eigenvalue weighted by molar-refractivity contribution is -0.131. The zero-order chi connectivity index (χ0) is 17.6. The van der Waals surface area contributed by atoms with E-state index in [1.165, 1.54) is 5.56 Å². The molecule has 1 saturated heterocycles. The number of hydrogen-bond donors (Lipinski definition) is 1. The third-order valence-electron chi connectivity index (χ3n) is 4.09. The molecule has 5 nitrogen and oxygen atoms in total. The molecule has 0 atom stereocenters. The van der Waals surface area contributed by atoms with Crippen molar-refractivity contribution in [1.29, 1.82) is 0 Å². The number of hydrogen-bond acceptors (Lipinski definition) is 2. The molecular formula is C19H29N3O2. The van der Waals surface area contributed by atoms with Gasteiger partial charge >= 0.3 is 6.03 Å². The maximum absolute atomic E-state index is 12.4. The molecule has 0 aliphatic carbocycles. The Morgan fingerprint density at radius 3 is 2.29 bits per heavy atom. The Kier molecular flexibility index (Phi) is 6.23. The highest BCUT2D eigenvalue weighted by molar-refractivity contribution is 5.77. The third kappa shape index (κ3) is 5.87. The van der Waals surface area contributed by atoms with Crippen molar-refractivity contribution in [3.05, 3.63) is 35.9 Å². The summed E-state index contributed by atoms with van der Waals surface area (Å²) in [6.45, 7) is 8.56. The topological polar surface area (TPSA) is 52.7 Å². The van der Waals surface area contributed by atoms with E-state index < -0.39 is 0 Å². The lowest BCUT2D eigenvalue weighted by Gasteiger charge is -2.27. The molecule has 24 heavy (non-hydrogen) atoms. The van der Waals surface area contributed by atoms with Crippen molar-refractivity contribution < 1.29 is 9.59 Å². The fraction of sp³-hybridized carbons (Fsp3) is 0.579. The van der Waals surface area contributed by atoms with Crippen LogP contribution >= 0.6 is 0 Å². The van der Waals surface area contributed by atoms with E-state index >= 15 is 0 Å². The van der Waals surface area contributed by atoms with Gasteiger partial charge in [0.15, 0.2) is 0 Å². The number of urea groups is 1. The largest absolute Gasteiger partial charge is 0.341 e. The van der Waals surface area contributed by atoms with Crippen molar-refractivity contribution >= 4 is 11.9 Å². The molecule has 132 valence electrons. The smallest absolute Gasteiger partial charge is 0.317 e. The van der Waals surface area contributed by atoms with Gasteiger partial charge in [-0.2, -0.15) is 0 Å². The predicted octanol–water partition coefficient (Wildman–Crippen LogP) is 2.66. The normalized spacial score (nSPS) is 15.8. The summed E-state index contributed by atoms with van der Waals surface area (Å²) in [5, 5.41) is 2.99. The summed E-state index contributed by atoms with van der Waals surface area (Å²) in [4.78, 5) is 28.4. The first-order chi connectivity index (χ1) is 11.3. The zero-order valence-corrected chi connectivity index (χ0v) is 15.0. The van der Waals surface area contributed by atoms with Gasteiger partial charge in [0, 0.05) is 38.1 Å². The molecule has 0 radical (unpaired) electrons. The van der Waals surface area contributed by atoms with Crippen LogP contribution in [0.5, 0.6) is 0 Å². The van der Waals surface area contributed by atoms with E-state index in [1.54, 1.807) is 0 Å². The third-order valence-corrected chi connectivity index (χ3v) is 4.09. The van der Waals surface area contributed by atoms with Gasteiger partial charge < -0.3 is 15.1 Å². The molecule has 0 bridgehead atoms. The van der Waals surface area contributed by atoms with E-state index in [2.05, 4.69) is 5.32 Å². The molecule has 1 aromatic carbocycles. The second kappa shape index (κ2) is 8.18. The van der Waals surface area contributed by atoms with Gasteiger partial charge in [-0.1, -0.05) is 30.3 Å². The predicted molar refractivity (Wildman–Crippen MR) is 95.8 cm³/mol. The van der Waals surface area contributed by atoms with Crippen LogP contribution in [0.3, 0.4) is 0 Å². The number of carbonyl (C=O) groups is 2. The van der Waals surface area contributed by atoms with Crippen molar-refractivity contribution in [2.75, 3.05) is 26.2 Å². The second-order valence-corrected chi connectivity index (χ2v) is 7.39. The van der Waals surface area contributed by atoms with Crippen LogP contribution in [-0.2, 0) is 11.2 Å². The second-order valence-electron chi connectivity index (χ2n) is 7.39. The van der Waals surface area contributed by atoms with Gasteiger partial charge in [-0.3, -0.25) is 4.79 Å². The van der Waals surface area contributed by atoms with Crippen LogP contribution in [0.25, 0.3) is 0 Å². The van der Waals surface area contributed by atoms with Gasteiger partial charge in [-0.25, -0.2) is 4.79 Å². The summed E-state index contributed by atoms with van der Waals surface area (Å²) in [5.74, 6) is 0.178. The van der Waals surface area contributed by atoms with Crippen LogP contribution in [0.2, 0.25) is 0 Å². The molecule has 0 unspecified atom stereocenters. The molecule has 1 fully saturated rings. The van der Waals surface area contributed by atoms with E-state index in [4.69, 9.17) is 0 Å². The van der Waals surface area contributed by atoms with Crippen LogP contribution < -0.4 is 5.32 Å². The van der Waals surface area contributed by atoms with Crippen molar-refractivity contribution in [1.82, 2.24) is 15.1 Å². The minimum absolute atomic E-state index is 0.0407. The molecule has 0 spiro atoms. The van der Waals surface area contributed by atoms with Gasteiger partial charge in [0.2, 0.25) is 5.91 Å². The number of nitrogens with one attached hydrogen (secondary N) is 1. The highest BCUT2D eigenvalue weighted by Gasteiger charge is 2.24. The standard InChI is InChI=1S/C19H29N3O2/c1-19(2,3)20-18(24)22-13-7-12-21(14-15-22)17(23)11-10-16-8-5-4-6-9-16/h4-6,8-9H,7,10-15H2,1-3H3,(H,20,24). The van der Waals surface area contributed by atoms with E-state index in [1.807, 2.05) is 60.9 Å². The van der Waals surface area contributed by atoms with Crippen LogP contribution in [-0.4, -0.2) is 53.5 Å². The van der Waals surface area contributed by atoms with Crippen LogP contribution in [0.1, 0.15) is 39.2 Å². The average molecular weight is 331 g/mol. The monoisotopic (exact) mass is 331 g/mol. The summed E-state index contributed by atoms with van der Waals surface area (Å²) < 4.78 is 0. The fourth-order valence-corrected chi connectivity index (χ4v) is 2.82. The van der Waals surface area contributed by atoms with Gasteiger partial charge in [0.05, 0.1) is 0 Å². The molecule has 1 heterocycles. The molecule has 0 saturated carbocycles. The molecule has 0 aromatic heterocycles. The maximum Gasteiger partial charge on any atom is 0.317 e. The fourth-order valence-electron chi connectivity index (χ4n) is 2.82. The minimum atomic E-state index is -0.241. The Hall–Kier alpha value is -2.04. The average Bonchev–Trinajstić information content (AvgIpc) is 2.78. The Bertz CT molecular complexity index is 551. The summed E-state index contributed by atoms with van der Waals surface area (Å²) >= 11 is 0. The highest BCUT2D eigenvalue weighted by atomic mass is 16.2. The number of aryl methyl sites for hydroxylation is 1. The number of amides is 3. The van der Waals surface area contributed by atoms with Gasteiger partial charge in [-0.05, 0) is 39.2 Å². The lowest BCUT2D eigenvalue weighted by atomic mass is 10.1. The first kappa shape index (κ1) is 18.3. The van der Waals surface area contributed by atoms with Crippen LogP contribution in [0.4, 0.5) is 4.79 Å². The van der Waals surface area contributed by atoms with Crippen LogP contribution in [0, 0.1) is 0 Å². The number of rotatable bonds is 3. The maximum atomic E-state index is 12.4. The first-order valence-electron chi connectivity index (χ1n) is 8.74. The molecule has 3 amide bonds. The molecule has 1 aromatic rings. The van der Waals surface area contributed by atoms with Gasteiger partial charge in [0.1, 0.15) is 0 Å². The summed E-state index contributed by atoms with van der Waals surface area (Å²) in [6.07, 6.45) is 2.12. The van der Waals surface area contributed by atoms with Gasteiger partial charge in [-0.15, -0.1) is 0 Å². The number of carbonyl (C=O) groups excluding carboxylic acids is 2. The van der Waals surface area contributed by atoms with E-state index in [-0.39, 0.29) is 17.5 Å². The van der Waals surface area contributed by atoms with Crippen molar-refractivity contribution in [2.24, 2.45) is 0 Å². The molecule has 1 aliphatic rings. The van der Waals surface area contributed by atoms with E-state index in [0.29, 0.717) is 26.1 Å². The lowest BCUT2D eigenvalue weighted by Crippen LogP contribution is -2.49. The number of benzene rings is 1. The quantitative estimate of drug-likeness (QED) is 0.926. The first-order valence-corrected chi connectivity index (χ1v) is 8.74. The Morgan fingerprint density at radius 1 is 1.00 bits per heavy atom. The van der Waals surface area contributed by atoms with Crippen molar-refractivity contribution in [3.8, 4) is 0 Å². The Balaban J connectivity index is 1.81. The SMILES string of the molecule is CC(C)(C)NC(=O)N1CCCN(C(=O)CCc2ccccc2)CC1. The highest BCUT2D eigenvalue weighted by Crippen LogP contribution is 2.09. The summed E-state index contributed by atoms with van der Waals surface area (Å²) in [6, 6.07) is 10.0. The van der Waals surface area contributed by atoms with Crippen molar-refractivity contribution in [2.45, 2.75) is 45.6 Å². The zero-order valence-electron chi connectivity index (χ0n) is 15.0. The molecule has 1 N–H and O–H groups in total.